The fourth-order valence-corrected chi connectivity index (χ4v) is 2.48. The molecule has 1 nitrogen and oxygen atoms in total. The molecule has 0 amide bonds. The van der Waals surface area contributed by atoms with Gasteiger partial charge in [-0.1, -0.05) is 60.3 Å². The molecule has 0 aromatic rings. The van der Waals surface area contributed by atoms with E-state index >= 15 is 0 Å². The van der Waals surface area contributed by atoms with Crippen LogP contribution >= 0.6 is 0 Å². The standard InChI is InChI=1S/C16H34O/c1-14(2)9-7-8-10-15(11-12-17-6)13-16(3,4)5/h14-15H,7-13H2,1-6H3/t15-/m0/s1. The third kappa shape index (κ3) is 12.2. The van der Waals surface area contributed by atoms with E-state index in [9.17, 15) is 0 Å². The smallest absolute Gasteiger partial charge is 0.0464 e. The van der Waals surface area contributed by atoms with Crippen molar-refractivity contribution in [2.24, 2.45) is 17.3 Å². The Morgan fingerprint density at radius 3 is 2.00 bits per heavy atom. The quantitative estimate of drug-likeness (QED) is 0.499. The number of hydrogen-bond donors (Lipinski definition) is 0. The van der Waals surface area contributed by atoms with Crippen molar-refractivity contribution in [2.75, 3.05) is 13.7 Å². The molecule has 0 bridgehead atoms. The maximum atomic E-state index is 5.23. The first-order chi connectivity index (χ1) is 7.85. The minimum absolute atomic E-state index is 0.455. The van der Waals surface area contributed by atoms with Gasteiger partial charge in [0.05, 0.1) is 0 Å². The highest BCUT2D eigenvalue weighted by molar-refractivity contribution is 4.69. The van der Waals surface area contributed by atoms with Gasteiger partial charge in [0.1, 0.15) is 0 Å². The Morgan fingerprint density at radius 1 is 0.941 bits per heavy atom. The number of methoxy groups -OCH3 is 1. The average Bonchev–Trinajstić information content (AvgIpc) is 2.18. The van der Waals surface area contributed by atoms with Crippen LogP contribution in [0.25, 0.3) is 0 Å². The zero-order valence-corrected chi connectivity index (χ0v) is 13.0. The monoisotopic (exact) mass is 242 g/mol. The third-order valence-corrected chi connectivity index (χ3v) is 3.28. The van der Waals surface area contributed by atoms with E-state index in [0.717, 1.165) is 18.4 Å². The lowest BCUT2D eigenvalue weighted by Crippen LogP contribution is -2.15. The van der Waals surface area contributed by atoms with Gasteiger partial charge in [-0.15, -0.1) is 0 Å². The van der Waals surface area contributed by atoms with Crippen LogP contribution in [0.5, 0.6) is 0 Å². The lowest BCUT2D eigenvalue weighted by atomic mass is 9.81. The predicted molar refractivity (Wildman–Crippen MR) is 77.4 cm³/mol. The Hall–Kier alpha value is -0.0400. The molecule has 0 fully saturated rings. The van der Waals surface area contributed by atoms with Crippen molar-refractivity contribution in [3.8, 4) is 0 Å². The molecule has 104 valence electrons. The Kier molecular flexibility index (Phi) is 8.94. The molecular weight excluding hydrogens is 208 g/mol. The van der Waals surface area contributed by atoms with E-state index in [1.807, 2.05) is 7.11 Å². The molecule has 0 aliphatic carbocycles. The van der Waals surface area contributed by atoms with Crippen molar-refractivity contribution in [2.45, 2.75) is 73.1 Å². The second-order valence-corrected chi connectivity index (χ2v) is 7.09. The van der Waals surface area contributed by atoms with Crippen LogP contribution in [-0.2, 0) is 4.74 Å². The van der Waals surface area contributed by atoms with E-state index < -0.39 is 0 Å². The van der Waals surface area contributed by atoms with Gasteiger partial charge in [0.2, 0.25) is 0 Å². The summed E-state index contributed by atoms with van der Waals surface area (Å²) in [5.41, 5.74) is 0.455. The molecule has 0 aliphatic heterocycles. The summed E-state index contributed by atoms with van der Waals surface area (Å²) < 4.78 is 5.23. The summed E-state index contributed by atoms with van der Waals surface area (Å²) in [6.07, 6.45) is 8.11. The maximum absolute atomic E-state index is 5.23. The van der Waals surface area contributed by atoms with Gasteiger partial charge >= 0.3 is 0 Å². The first-order valence-electron chi connectivity index (χ1n) is 7.34. The van der Waals surface area contributed by atoms with E-state index in [2.05, 4.69) is 34.6 Å². The van der Waals surface area contributed by atoms with Crippen LogP contribution in [0.1, 0.15) is 73.1 Å². The summed E-state index contributed by atoms with van der Waals surface area (Å²) in [6.45, 7) is 12.6. The van der Waals surface area contributed by atoms with Gasteiger partial charge < -0.3 is 4.74 Å². The molecule has 0 rings (SSSR count). The summed E-state index contributed by atoms with van der Waals surface area (Å²) in [6, 6.07) is 0. The molecule has 0 aliphatic rings. The number of ether oxygens (including phenoxy) is 1. The zero-order valence-electron chi connectivity index (χ0n) is 13.0. The van der Waals surface area contributed by atoms with E-state index in [-0.39, 0.29) is 0 Å². The second kappa shape index (κ2) is 8.97. The number of rotatable bonds is 9. The lowest BCUT2D eigenvalue weighted by Gasteiger charge is -2.26. The largest absolute Gasteiger partial charge is 0.385 e. The summed E-state index contributed by atoms with van der Waals surface area (Å²) >= 11 is 0. The Labute approximate surface area is 109 Å². The molecule has 0 spiro atoms. The molecule has 0 aromatic carbocycles. The van der Waals surface area contributed by atoms with Gasteiger partial charge in [-0.05, 0) is 30.1 Å². The molecule has 0 saturated heterocycles. The molecule has 0 unspecified atom stereocenters. The van der Waals surface area contributed by atoms with Gasteiger partial charge in [0, 0.05) is 13.7 Å². The van der Waals surface area contributed by atoms with Crippen LogP contribution in [0.15, 0.2) is 0 Å². The van der Waals surface area contributed by atoms with E-state index in [1.165, 1.54) is 38.5 Å². The zero-order chi connectivity index (χ0) is 13.3. The summed E-state index contributed by atoms with van der Waals surface area (Å²) in [5, 5.41) is 0. The van der Waals surface area contributed by atoms with Gasteiger partial charge in [-0.2, -0.15) is 0 Å². The minimum atomic E-state index is 0.455. The molecule has 0 saturated carbocycles. The topological polar surface area (TPSA) is 9.23 Å². The van der Waals surface area contributed by atoms with Crippen molar-refractivity contribution in [1.29, 1.82) is 0 Å². The van der Waals surface area contributed by atoms with Gasteiger partial charge in [-0.25, -0.2) is 0 Å². The van der Waals surface area contributed by atoms with Crippen molar-refractivity contribution in [3.05, 3.63) is 0 Å². The molecule has 17 heavy (non-hydrogen) atoms. The molecule has 0 aromatic heterocycles. The van der Waals surface area contributed by atoms with Crippen molar-refractivity contribution >= 4 is 0 Å². The van der Waals surface area contributed by atoms with Crippen molar-refractivity contribution in [1.82, 2.24) is 0 Å². The maximum Gasteiger partial charge on any atom is 0.0464 e. The molecule has 0 N–H and O–H groups in total. The number of unbranched alkanes of at least 4 members (excludes halogenated alkanes) is 1. The molecule has 0 radical (unpaired) electrons. The summed E-state index contributed by atoms with van der Waals surface area (Å²) in [7, 11) is 1.81. The Morgan fingerprint density at radius 2 is 1.53 bits per heavy atom. The highest BCUT2D eigenvalue weighted by atomic mass is 16.5. The Bertz CT molecular complexity index is 167. The fraction of sp³-hybridized carbons (Fsp3) is 1.00. The van der Waals surface area contributed by atoms with E-state index in [0.29, 0.717) is 5.41 Å². The minimum Gasteiger partial charge on any atom is -0.385 e. The summed E-state index contributed by atoms with van der Waals surface area (Å²) in [4.78, 5) is 0. The van der Waals surface area contributed by atoms with E-state index in [1.54, 1.807) is 0 Å². The molecule has 1 atom stereocenters. The van der Waals surface area contributed by atoms with Crippen LogP contribution in [0.3, 0.4) is 0 Å². The van der Waals surface area contributed by atoms with Crippen LogP contribution in [0.4, 0.5) is 0 Å². The van der Waals surface area contributed by atoms with Crippen molar-refractivity contribution in [3.63, 3.8) is 0 Å². The lowest BCUT2D eigenvalue weighted by molar-refractivity contribution is 0.157. The Balaban J connectivity index is 3.85. The third-order valence-electron chi connectivity index (χ3n) is 3.28. The predicted octanol–water partition coefficient (Wildman–Crippen LogP) is 5.29. The van der Waals surface area contributed by atoms with Gasteiger partial charge in [0.25, 0.3) is 0 Å². The average molecular weight is 242 g/mol. The van der Waals surface area contributed by atoms with Crippen LogP contribution < -0.4 is 0 Å². The highest BCUT2D eigenvalue weighted by Gasteiger charge is 2.18. The molecule has 1 heteroatoms. The fourth-order valence-electron chi connectivity index (χ4n) is 2.48. The van der Waals surface area contributed by atoms with Gasteiger partial charge in [-0.3, -0.25) is 0 Å². The van der Waals surface area contributed by atoms with Crippen LogP contribution in [0.2, 0.25) is 0 Å². The normalized spacial score (nSPS) is 14.3. The second-order valence-electron chi connectivity index (χ2n) is 7.09. The molecule has 0 heterocycles. The van der Waals surface area contributed by atoms with Crippen LogP contribution in [0, 0.1) is 17.3 Å². The first kappa shape index (κ1) is 17.0. The first-order valence-corrected chi connectivity index (χ1v) is 7.34. The van der Waals surface area contributed by atoms with Crippen LogP contribution in [-0.4, -0.2) is 13.7 Å². The van der Waals surface area contributed by atoms with Gasteiger partial charge in [0.15, 0.2) is 0 Å². The number of hydrogen-bond acceptors (Lipinski definition) is 1. The SMILES string of the molecule is COCC[C@H](CCCCC(C)C)CC(C)(C)C. The highest BCUT2D eigenvalue weighted by Crippen LogP contribution is 2.29. The van der Waals surface area contributed by atoms with E-state index in [4.69, 9.17) is 4.74 Å². The molecular formula is C16H34O. The van der Waals surface area contributed by atoms with Crippen molar-refractivity contribution < 1.29 is 4.74 Å². The summed E-state index contributed by atoms with van der Waals surface area (Å²) in [5.74, 6) is 1.71.